The third kappa shape index (κ3) is 18.0. The Balaban J connectivity index is 0.00000168. The quantitative estimate of drug-likeness (QED) is 0.0476. The molecule has 3 aromatic rings. The van der Waals surface area contributed by atoms with Crippen LogP contribution in [-0.2, 0) is 32.0 Å². The SMILES string of the molecule is CC[C@H](C)[C@H](NC(=O)[C@H](Cc1ccc(O)cc1)NC(=O)c1[nH]c2ccc(OCCCCCN)cc2c1CCCCCCN)C(=O)N[C@@H](CC(C)C)C(=O)O.O=C(O)C(F)(F)F. The molecule has 0 aliphatic carbocycles. The number of nitrogens with two attached hydrogens (primary N) is 2. The van der Waals surface area contributed by atoms with Crippen LogP contribution in [0, 0.1) is 11.8 Å². The Morgan fingerprint density at radius 1 is 0.803 bits per heavy atom. The molecule has 15 nitrogen and oxygen atoms in total. The molecule has 0 radical (unpaired) electrons. The molecule has 11 N–H and O–H groups in total. The van der Waals surface area contributed by atoms with E-state index >= 15 is 0 Å². The number of hydrogen-bond acceptors (Lipinski definition) is 9. The number of rotatable bonds is 25. The number of phenolic OH excluding ortho intramolecular Hbond substituents is 1. The van der Waals surface area contributed by atoms with Gasteiger partial charge in [0.25, 0.3) is 5.91 Å². The van der Waals surface area contributed by atoms with Gasteiger partial charge in [0, 0.05) is 17.3 Å². The van der Waals surface area contributed by atoms with E-state index in [0.717, 1.165) is 61.4 Å². The standard InChI is InChI=1S/C41H62N6O7.C2HF3O2/c1-5-27(4)36(39(50)46-35(41(52)53)23-26(2)3)47-38(49)34(24-28-14-16-29(48)17-15-28)45-40(51)37-31(13-9-6-7-10-20-42)32-25-30(18-19-33(32)44-37)54-22-12-8-11-21-43;3-2(4,5)1(6)7/h14-19,25-27,34-36,44,48H,5-13,20-24,42-43H2,1-4H3,(H,45,51)(H,46,50)(H,47,49)(H,52,53);(H,6,7)/t27-,34-,35-,36-;/m0./s1. The molecular formula is C43H63F3N6O9. The van der Waals surface area contributed by atoms with E-state index < -0.39 is 54.0 Å². The molecule has 0 aliphatic rings. The minimum absolute atomic E-state index is 0.0130. The van der Waals surface area contributed by atoms with Gasteiger partial charge in [0.05, 0.1) is 6.61 Å². The number of H-pyrrole nitrogens is 1. The van der Waals surface area contributed by atoms with Crippen molar-refractivity contribution in [1.82, 2.24) is 20.9 Å². The monoisotopic (exact) mass is 864 g/mol. The van der Waals surface area contributed by atoms with Crippen LogP contribution in [0.5, 0.6) is 11.5 Å². The number of alkyl halides is 3. The first-order valence-corrected chi connectivity index (χ1v) is 20.7. The number of carbonyl (C=O) groups excluding carboxylic acids is 3. The number of hydrogen-bond donors (Lipinski definition) is 9. The Labute approximate surface area is 354 Å². The number of aromatic nitrogens is 1. The Kier molecular flexibility index (Phi) is 22.1. The van der Waals surface area contributed by atoms with Gasteiger partial charge >= 0.3 is 18.1 Å². The molecule has 0 saturated heterocycles. The number of benzene rings is 2. The predicted molar refractivity (Wildman–Crippen MR) is 225 cm³/mol. The van der Waals surface area contributed by atoms with Crippen molar-refractivity contribution in [2.45, 2.75) is 123 Å². The van der Waals surface area contributed by atoms with Gasteiger partial charge in [0.15, 0.2) is 0 Å². The predicted octanol–water partition coefficient (Wildman–Crippen LogP) is 5.56. The van der Waals surface area contributed by atoms with Crippen LogP contribution in [-0.4, -0.2) is 94.0 Å². The Hall–Kier alpha value is -5.36. The summed E-state index contributed by atoms with van der Waals surface area (Å²) in [6, 6.07) is 8.73. The van der Waals surface area contributed by atoms with Crippen LogP contribution in [0.25, 0.3) is 10.9 Å². The van der Waals surface area contributed by atoms with Crippen molar-refractivity contribution >= 4 is 40.6 Å². The summed E-state index contributed by atoms with van der Waals surface area (Å²) in [5.74, 6) is -5.18. The smallest absolute Gasteiger partial charge is 0.490 e. The summed E-state index contributed by atoms with van der Waals surface area (Å²) in [5.41, 5.74) is 13.9. The average Bonchev–Trinajstić information content (AvgIpc) is 3.57. The highest BCUT2D eigenvalue weighted by Gasteiger charge is 2.38. The van der Waals surface area contributed by atoms with Crippen molar-refractivity contribution < 1.29 is 57.2 Å². The topological polar surface area (TPSA) is 259 Å². The molecule has 0 unspecified atom stereocenters. The third-order valence-corrected chi connectivity index (χ3v) is 9.96. The first-order chi connectivity index (χ1) is 28.8. The van der Waals surface area contributed by atoms with E-state index in [9.17, 15) is 42.6 Å². The Bertz CT molecular complexity index is 1850. The molecule has 1 heterocycles. The minimum Gasteiger partial charge on any atom is -0.508 e. The lowest BCUT2D eigenvalue weighted by atomic mass is 9.96. The van der Waals surface area contributed by atoms with Crippen molar-refractivity contribution in [3.05, 3.63) is 59.3 Å². The molecule has 0 saturated carbocycles. The van der Waals surface area contributed by atoms with Crippen LogP contribution in [0.3, 0.4) is 0 Å². The Morgan fingerprint density at radius 2 is 1.41 bits per heavy atom. The van der Waals surface area contributed by atoms with Crippen LogP contribution in [0.1, 0.15) is 107 Å². The van der Waals surface area contributed by atoms with Crippen molar-refractivity contribution in [3.63, 3.8) is 0 Å². The number of unbranched alkanes of at least 4 members (excludes halogenated alkanes) is 5. The number of aromatic amines is 1. The fourth-order valence-corrected chi connectivity index (χ4v) is 6.40. The molecule has 0 fully saturated rings. The lowest BCUT2D eigenvalue weighted by Gasteiger charge is -2.28. The second-order valence-electron chi connectivity index (χ2n) is 15.4. The summed E-state index contributed by atoms with van der Waals surface area (Å²) >= 11 is 0. The molecule has 1 aromatic heterocycles. The number of nitrogens with one attached hydrogen (secondary N) is 4. The first kappa shape index (κ1) is 51.8. The summed E-state index contributed by atoms with van der Waals surface area (Å²) < 4.78 is 37.8. The number of ether oxygens (including phenoxy) is 1. The highest BCUT2D eigenvalue weighted by Crippen LogP contribution is 2.29. The second kappa shape index (κ2) is 26.1. The van der Waals surface area contributed by atoms with Crippen LogP contribution in [0.15, 0.2) is 42.5 Å². The molecule has 0 bridgehead atoms. The average molecular weight is 865 g/mol. The van der Waals surface area contributed by atoms with Gasteiger partial charge in [0.2, 0.25) is 11.8 Å². The second-order valence-corrected chi connectivity index (χ2v) is 15.4. The molecule has 18 heteroatoms. The Morgan fingerprint density at radius 3 is 1.97 bits per heavy atom. The fraction of sp³-hybridized carbons (Fsp3) is 0.558. The number of aromatic hydroxyl groups is 1. The molecule has 3 rings (SSSR count). The normalized spacial score (nSPS) is 13.3. The molecule has 0 spiro atoms. The zero-order valence-electron chi connectivity index (χ0n) is 35.4. The fourth-order valence-electron chi connectivity index (χ4n) is 6.40. The molecule has 61 heavy (non-hydrogen) atoms. The van der Waals surface area contributed by atoms with Gasteiger partial charge in [-0.2, -0.15) is 13.2 Å². The molecule has 0 aliphatic heterocycles. The number of aryl methyl sites for hydroxylation is 1. The molecule has 340 valence electrons. The number of carboxylic acid groups (broad SMARTS) is 2. The van der Waals surface area contributed by atoms with Gasteiger partial charge in [0.1, 0.15) is 35.3 Å². The summed E-state index contributed by atoms with van der Waals surface area (Å²) in [6.07, 6.45) is 2.80. The van der Waals surface area contributed by atoms with Gasteiger partial charge in [-0.3, -0.25) is 14.4 Å². The van der Waals surface area contributed by atoms with E-state index in [0.29, 0.717) is 49.5 Å². The van der Waals surface area contributed by atoms with Gasteiger partial charge in [-0.15, -0.1) is 0 Å². The summed E-state index contributed by atoms with van der Waals surface area (Å²) in [7, 11) is 0. The lowest BCUT2D eigenvalue weighted by molar-refractivity contribution is -0.192. The van der Waals surface area contributed by atoms with E-state index in [1.54, 1.807) is 19.1 Å². The van der Waals surface area contributed by atoms with Crippen molar-refractivity contribution in [1.29, 1.82) is 0 Å². The van der Waals surface area contributed by atoms with Crippen LogP contribution in [0.2, 0.25) is 0 Å². The molecular weight excluding hydrogens is 802 g/mol. The summed E-state index contributed by atoms with van der Waals surface area (Å²) in [4.78, 5) is 66.1. The minimum atomic E-state index is -5.08. The number of aliphatic carboxylic acids is 2. The highest BCUT2D eigenvalue weighted by molar-refractivity contribution is 6.03. The van der Waals surface area contributed by atoms with E-state index in [2.05, 4.69) is 20.9 Å². The van der Waals surface area contributed by atoms with Crippen molar-refractivity contribution in [2.75, 3.05) is 19.7 Å². The largest absolute Gasteiger partial charge is 0.508 e. The molecule has 3 amide bonds. The van der Waals surface area contributed by atoms with Crippen LogP contribution < -0.4 is 32.2 Å². The number of carboxylic acids is 2. The van der Waals surface area contributed by atoms with Gasteiger partial charge < -0.3 is 52.5 Å². The summed E-state index contributed by atoms with van der Waals surface area (Å²) in [5, 5.41) is 36.0. The maximum Gasteiger partial charge on any atom is 0.490 e. The van der Waals surface area contributed by atoms with Crippen molar-refractivity contribution in [2.24, 2.45) is 23.3 Å². The van der Waals surface area contributed by atoms with Crippen molar-refractivity contribution in [3.8, 4) is 11.5 Å². The number of halogens is 3. The highest BCUT2D eigenvalue weighted by atomic mass is 19.4. The zero-order valence-corrected chi connectivity index (χ0v) is 35.4. The number of fused-ring (bicyclic) bond motifs is 1. The van der Waals surface area contributed by atoms with E-state index in [1.165, 1.54) is 12.1 Å². The number of carbonyl (C=O) groups is 5. The van der Waals surface area contributed by atoms with E-state index in [-0.39, 0.29) is 30.4 Å². The maximum atomic E-state index is 14.3. The maximum absolute atomic E-state index is 14.3. The zero-order chi connectivity index (χ0) is 45.7. The number of phenols is 1. The summed E-state index contributed by atoms with van der Waals surface area (Å²) in [6.45, 7) is 9.23. The number of amides is 3. The molecule has 2 aromatic carbocycles. The van der Waals surface area contributed by atoms with E-state index in [1.807, 2.05) is 39.0 Å². The molecule has 4 atom stereocenters. The van der Waals surface area contributed by atoms with Crippen LogP contribution in [0.4, 0.5) is 13.2 Å². The first-order valence-electron chi connectivity index (χ1n) is 20.7. The van der Waals surface area contributed by atoms with Gasteiger partial charge in [-0.05, 0) is 111 Å². The van der Waals surface area contributed by atoms with Gasteiger partial charge in [-0.25, -0.2) is 9.59 Å². The lowest BCUT2D eigenvalue weighted by Crippen LogP contribution is -2.58. The van der Waals surface area contributed by atoms with Crippen LogP contribution >= 0.6 is 0 Å². The van der Waals surface area contributed by atoms with Gasteiger partial charge in [-0.1, -0.05) is 59.1 Å². The van der Waals surface area contributed by atoms with E-state index in [4.69, 9.17) is 26.1 Å². The third-order valence-electron chi connectivity index (χ3n) is 9.96.